The summed E-state index contributed by atoms with van der Waals surface area (Å²) in [7, 11) is 0. The molecule has 0 radical (unpaired) electrons. The molecule has 5 heteroatoms. The number of rotatable bonds is 5. The molecule has 1 aliphatic heterocycles. The van der Waals surface area contributed by atoms with E-state index in [-0.39, 0.29) is 23.3 Å². The molecule has 1 fully saturated rings. The van der Waals surface area contributed by atoms with Gasteiger partial charge in [-0.25, -0.2) is 0 Å². The molecule has 1 heterocycles. The molecule has 0 unspecified atom stereocenters. The van der Waals surface area contributed by atoms with Gasteiger partial charge in [0.2, 0.25) is 11.8 Å². The molecule has 0 aromatic heterocycles. The number of hydrogen-bond acceptors (Lipinski definition) is 3. The van der Waals surface area contributed by atoms with Crippen molar-refractivity contribution in [1.29, 1.82) is 0 Å². The molecule has 1 aromatic rings. The zero-order valence-corrected chi connectivity index (χ0v) is 14.3. The maximum absolute atomic E-state index is 12.0. The van der Waals surface area contributed by atoms with Crippen molar-refractivity contribution in [1.82, 2.24) is 10.2 Å². The van der Waals surface area contributed by atoms with Crippen LogP contribution in [0.3, 0.4) is 0 Å². The number of carbonyl (C=O) groups is 2. The van der Waals surface area contributed by atoms with E-state index in [4.69, 9.17) is 0 Å². The molecular formula is C17H24N2O2S. The third-order valence-corrected chi connectivity index (χ3v) is 4.37. The smallest absolute Gasteiger partial charge is 0.230 e. The summed E-state index contributed by atoms with van der Waals surface area (Å²) in [5.74, 6) is 0.508. The lowest BCUT2D eigenvalue weighted by molar-refractivity contribution is -0.128. The standard InChI is InChI=1S/C17H24N2O2S/c1-17(2,3)12-19-10-13(9-16(19)21)18-15(20)11-22-14-7-5-4-6-8-14/h4-8,13H,9-12H2,1-3H3,(H,18,20)/t13-/m1/s1. The van der Waals surface area contributed by atoms with Crippen LogP contribution in [0.2, 0.25) is 0 Å². The van der Waals surface area contributed by atoms with E-state index in [1.165, 1.54) is 11.8 Å². The summed E-state index contributed by atoms with van der Waals surface area (Å²) in [6.45, 7) is 7.70. The van der Waals surface area contributed by atoms with Crippen molar-refractivity contribution in [3.8, 4) is 0 Å². The Balaban J connectivity index is 1.77. The fourth-order valence-corrected chi connectivity index (χ4v) is 3.26. The van der Waals surface area contributed by atoms with E-state index in [2.05, 4.69) is 26.1 Å². The Hall–Kier alpha value is -1.49. The Morgan fingerprint density at radius 3 is 2.64 bits per heavy atom. The van der Waals surface area contributed by atoms with Crippen LogP contribution < -0.4 is 5.32 Å². The highest BCUT2D eigenvalue weighted by molar-refractivity contribution is 8.00. The summed E-state index contributed by atoms with van der Waals surface area (Å²) >= 11 is 1.51. The minimum Gasteiger partial charge on any atom is -0.350 e. The number of hydrogen-bond donors (Lipinski definition) is 1. The van der Waals surface area contributed by atoms with Gasteiger partial charge >= 0.3 is 0 Å². The predicted molar refractivity (Wildman–Crippen MR) is 89.7 cm³/mol. The second kappa shape index (κ2) is 7.18. The summed E-state index contributed by atoms with van der Waals surface area (Å²) in [6.07, 6.45) is 0.415. The van der Waals surface area contributed by atoms with Crippen molar-refractivity contribution >= 4 is 23.6 Å². The van der Waals surface area contributed by atoms with Gasteiger partial charge < -0.3 is 10.2 Å². The number of thioether (sulfide) groups is 1. The Labute approximate surface area is 136 Å². The molecule has 2 rings (SSSR count). The SMILES string of the molecule is CC(C)(C)CN1C[C@H](NC(=O)CSc2ccccc2)CC1=O. The third kappa shape index (κ3) is 5.37. The first-order valence-electron chi connectivity index (χ1n) is 7.58. The van der Waals surface area contributed by atoms with Crippen molar-refractivity contribution in [2.45, 2.75) is 38.1 Å². The van der Waals surface area contributed by atoms with E-state index in [1.54, 1.807) is 0 Å². The quantitative estimate of drug-likeness (QED) is 0.848. The highest BCUT2D eigenvalue weighted by atomic mass is 32.2. The monoisotopic (exact) mass is 320 g/mol. The lowest BCUT2D eigenvalue weighted by Gasteiger charge is -2.26. The van der Waals surface area contributed by atoms with Gasteiger partial charge in [0, 0.05) is 24.4 Å². The molecule has 22 heavy (non-hydrogen) atoms. The van der Waals surface area contributed by atoms with E-state index in [9.17, 15) is 9.59 Å². The molecule has 1 saturated heterocycles. The summed E-state index contributed by atoms with van der Waals surface area (Å²) in [5, 5.41) is 2.97. The molecule has 0 saturated carbocycles. The third-order valence-electron chi connectivity index (χ3n) is 3.36. The Bertz CT molecular complexity index is 525. The van der Waals surface area contributed by atoms with Gasteiger partial charge in [0.05, 0.1) is 11.8 Å². The van der Waals surface area contributed by atoms with Crippen molar-refractivity contribution in [3.63, 3.8) is 0 Å². The minimum atomic E-state index is -0.0567. The number of likely N-dealkylation sites (tertiary alicyclic amines) is 1. The molecule has 2 amide bonds. The van der Waals surface area contributed by atoms with Gasteiger partial charge in [-0.05, 0) is 17.5 Å². The van der Waals surface area contributed by atoms with E-state index in [0.717, 1.165) is 11.4 Å². The molecule has 1 atom stereocenters. The van der Waals surface area contributed by atoms with E-state index < -0.39 is 0 Å². The largest absolute Gasteiger partial charge is 0.350 e. The van der Waals surface area contributed by atoms with Crippen LogP contribution in [-0.4, -0.2) is 41.6 Å². The van der Waals surface area contributed by atoms with Gasteiger partial charge in [0.1, 0.15) is 0 Å². The van der Waals surface area contributed by atoms with Crippen molar-refractivity contribution < 1.29 is 9.59 Å². The van der Waals surface area contributed by atoms with Gasteiger partial charge in [-0.1, -0.05) is 39.0 Å². The maximum atomic E-state index is 12.0. The van der Waals surface area contributed by atoms with Gasteiger partial charge in [0.15, 0.2) is 0 Å². The van der Waals surface area contributed by atoms with Crippen LogP contribution >= 0.6 is 11.8 Å². The Morgan fingerprint density at radius 2 is 2.00 bits per heavy atom. The van der Waals surface area contributed by atoms with Crippen LogP contribution in [0, 0.1) is 5.41 Å². The molecular weight excluding hydrogens is 296 g/mol. The first-order valence-corrected chi connectivity index (χ1v) is 8.57. The second-order valence-electron chi connectivity index (χ2n) is 6.91. The van der Waals surface area contributed by atoms with E-state index in [1.807, 2.05) is 35.2 Å². The molecule has 0 bridgehead atoms. The van der Waals surface area contributed by atoms with Crippen LogP contribution in [0.1, 0.15) is 27.2 Å². The normalized spacial score (nSPS) is 18.6. The average Bonchev–Trinajstić information content (AvgIpc) is 2.75. The van der Waals surface area contributed by atoms with Gasteiger partial charge in [-0.3, -0.25) is 9.59 Å². The Morgan fingerprint density at radius 1 is 1.32 bits per heavy atom. The summed E-state index contributed by atoms with van der Waals surface area (Å²) in [6, 6.07) is 9.79. The van der Waals surface area contributed by atoms with Crippen LogP contribution in [-0.2, 0) is 9.59 Å². The summed E-state index contributed by atoms with van der Waals surface area (Å²) in [4.78, 5) is 26.9. The lowest BCUT2D eigenvalue weighted by atomic mass is 9.96. The number of nitrogens with zero attached hydrogens (tertiary/aromatic N) is 1. The van der Waals surface area contributed by atoms with E-state index in [0.29, 0.717) is 18.7 Å². The molecule has 0 aliphatic carbocycles. The molecule has 120 valence electrons. The first kappa shape index (κ1) is 16.9. The fourth-order valence-electron chi connectivity index (χ4n) is 2.53. The molecule has 1 aromatic carbocycles. The Kier molecular flexibility index (Phi) is 5.51. The zero-order valence-electron chi connectivity index (χ0n) is 13.5. The lowest BCUT2D eigenvalue weighted by Crippen LogP contribution is -2.39. The van der Waals surface area contributed by atoms with Gasteiger partial charge in [-0.2, -0.15) is 0 Å². The molecule has 4 nitrogen and oxygen atoms in total. The highest BCUT2D eigenvalue weighted by Gasteiger charge is 2.32. The van der Waals surface area contributed by atoms with Crippen molar-refractivity contribution in [3.05, 3.63) is 30.3 Å². The fraction of sp³-hybridized carbons (Fsp3) is 0.529. The molecule has 1 aliphatic rings. The average molecular weight is 320 g/mol. The summed E-state index contributed by atoms with van der Waals surface area (Å²) in [5.41, 5.74) is 0.0811. The first-order chi connectivity index (χ1) is 10.3. The highest BCUT2D eigenvalue weighted by Crippen LogP contribution is 2.21. The molecule has 1 N–H and O–H groups in total. The topological polar surface area (TPSA) is 49.4 Å². The van der Waals surface area contributed by atoms with Gasteiger partial charge in [-0.15, -0.1) is 11.8 Å². The second-order valence-corrected chi connectivity index (χ2v) is 7.95. The van der Waals surface area contributed by atoms with Crippen LogP contribution in [0.5, 0.6) is 0 Å². The van der Waals surface area contributed by atoms with Gasteiger partial charge in [0.25, 0.3) is 0 Å². The van der Waals surface area contributed by atoms with E-state index >= 15 is 0 Å². The number of amides is 2. The van der Waals surface area contributed by atoms with Crippen LogP contribution in [0.15, 0.2) is 35.2 Å². The summed E-state index contributed by atoms with van der Waals surface area (Å²) < 4.78 is 0. The van der Waals surface area contributed by atoms with Crippen LogP contribution in [0.25, 0.3) is 0 Å². The number of carbonyl (C=O) groups excluding carboxylic acids is 2. The number of benzene rings is 1. The minimum absolute atomic E-state index is 0.00994. The van der Waals surface area contributed by atoms with Crippen LogP contribution in [0.4, 0.5) is 0 Å². The zero-order chi connectivity index (χ0) is 16.2. The maximum Gasteiger partial charge on any atom is 0.230 e. The van der Waals surface area contributed by atoms with Crippen molar-refractivity contribution in [2.24, 2.45) is 5.41 Å². The number of nitrogens with one attached hydrogen (secondary N) is 1. The van der Waals surface area contributed by atoms with Crippen molar-refractivity contribution in [2.75, 3.05) is 18.8 Å². The predicted octanol–water partition coefficient (Wildman–Crippen LogP) is 2.54. The molecule has 0 spiro atoms.